The van der Waals surface area contributed by atoms with E-state index in [0.29, 0.717) is 46.0 Å². The Hall–Kier alpha value is -4.31. The van der Waals surface area contributed by atoms with Gasteiger partial charge < -0.3 is 14.6 Å². The summed E-state index contributed by atoms with van der Waals surface area (Å²) in [6.07, 6.45) is 3.39. The molecule has 3 aromatic heterocycles. The summed E-state index contributed by atoms with van der Waals surface area (Å²) in [5.74, 6) is -0.821. The summed E-state index contributed by atoms with van der Waals surface area (Å²) in [4.78, 5) is 25.1. The molecule has 198 valence electrons. The molecule has 5 aromatic rings. The lowest BCUT2D eigenvalue weighted by Gasteiger charge is -2.38. The Labute approximate surface area is 226 Å². The monoisotopic (exact) mass is 548 g/mol. The van der Waals surface area contributed by atoms with E-state index in [0.717, 1.165) is 25.0 Å². The molecule has 0 radical (unpaired) electrons. The van der Waals surface area contributed by atoms with Gasteiger partial charge in [-0.3, -0.25) is 9.36 Å². The van der Waals surface area contributed by atoms with E-state index >= 15 is 0 Å². The largest absolute Gasteiger partial charge is 0.457 e. The Kier molecular flexibility index (Phi) is 6.48. The molecule has 11 heteroatoms. The van der Waals surface area contributed by atoms with Crippen LogP contribution in [0.25, 0.3) is 11.2 Å². The second-order valence-corrected chi connectivity index (χ2v) is 9.82. The molecular formula is C28H23ClF2N6O2. The molecule has 0 unspecified atom stereocenters. The molecule has 0 amide bonds. The molecule has 1 saturated carbocycles. The van der Waals surface area contributed by atoms with E-state index in [4.69, 9.17) is 16.3 Å². The standard InChI is InChI=1S/C28H23ClF2N6O2/c1-2-36-15-32-26-25(36)27(38)35-28(37(26)20-11-17(12-20)16-3-5-18(29)6-4-16)33-19-7-9-21(10-8-19)39-22-13-23(30)34-24(31)14-22/h3-10,13-15,17,20H,2,11-12H2,1H3,(H,33,35,38). The molecular weight excluding hydrogens is 526 g/mol. The zero-order valence-electron chi connectivity index (χ0n) is 20.8. The smallest absolute Gasteiger partial charge is 0.300 e. The van der Waals surface area contributed by atoms with Crippen molar-refractivity contribution in [3.8, 4) is 11.5 Å². The van der Waals surface area contributed by atoms with Crippen molar-refractivity contribution in [3.05, 3.63) is 99.8 Å². The topological polar surface area (TPSA) is 86.9 Å². The highest BCUT2D eigenvalue weighted by molar-refractivity contribution is 6.30. The predicted octanol–water partition coefficient (Wildman–Crippen LogP) is 6.59. The molecule has 0 spiro atoms. The molecule has 0 atom stereocenters. The summed E-state index contributed by atoms with van der Waals surface area (Å²) in [6.45, 7) is 2.56. The molecule has 1 aliphatic carbocycles. The van der Waals surface area contributed by atoms with E-state index in [1.807, 2.05) is 35.8 Å². The molecule has 0 aliphatic heterocycles. The van der Waals surface area contributed by atoms with E-state index in [-0.39, 0.29) is 17.4 Å². The number of imidazole rings is 1. The Morgan fingerprint density at radius 1 is 1.00 bits per heavy atom. The number of nitrogens with one attached hydrogen (secondary N) is 1. The van der Waals surface area contributed by atoms with Crippen molar-refractivity contribution in [2.45, 2.75) is 38.3 Å². The molecule has 2 aromatic carbocycles. The van der Waals surface area contributed by atoms with Crippen LogP contribution in [0.2, 0.25) is 5.02 Å². The van der Waals surface area contributed by atoms with Gasteiger partial charge in [-0.15, -0.1) is 0 Å². The number of aromatic nitrogens is 5. The summed E-state index contributed by atoms with van der Waals surface area (Å²) in [7, 11) is 0. The highest BCUT2D eigenvalue weighted by atomic mass is 35.5. The van der Waals surface area contributed by atoms with Crippen molar-refractivity contribution in [3.63, 3.8) is 0 Å². The van der Waals surface area contributed by atoms with Crippen LogP contribution in [0.5, 0.6) is 11.5 Å². The van der Waals surface area contributed by atoms with Gasteiger partial charge in [0.25, 0.3) is 0 Å². The van der Waals surface area contributed by atoms with Crippen LogP contribution in [0, 0.1) is 11.9 Å². The van der Waals surface area contributed by atoms with Gasteiger partial charge in [0, 0.05) is 35.4 Å². The minimum Gasteiger partial charge on any atom is -0.457 e. The molecule has 1 N–H and O–H groups in total. The van der Waals surface area contributed by atoms with Crippen molar-refractivity contribution in [2.75, 3.05) is 5.32 Å². The highest BCUT2D eigenvalue weighted by Gasteiger charge is 2.34. The molecule has 0 saturated heterocycles. The maximum Gasteiger partial charge on any atom is 0.300 e. The van der Waals surface area contributed by atoms with Crippen molar-refractivity contribution >= 4 is 34.4 Å². The number of anilines is 2. The summed E-state index contributed by atoms with van der Waals surface area (Å²) < 4.78 is 36.1. The zero-order chi connectivity index (χ0) is 27.1. The number of aryl methyl sites for hydroxylation is 1. The number of hydrogen-bond donors (Lipinski definition) is 1. The van der Waals surface area contributed by atoms with E-state index in [9.17, 15) is 13.6 Å². The third kappa shape index (κ3) is 4.95. The number of hydrogen-bond acceptors (Lipinski definition) is 6. The minimum atomic E-state index is -0.970. The first kappa shape index (κ1) is 25.0. The zero-order valence-corrected chi connectivity index (χ0v) is 21.6. The van der Waals surface area contributed by atoms with Crippen LogP contribution in [0.15, 0.2) is 71.8 Å². The Morgan fingerprint density at radius 2 is 1.69 bits per heavy atom. The normalized spacial score (nSPS) is 16.7. The molecule has 3 heterocycles. The molecule has 0 bridgehead atoms. The van der Waals surface area contributed by atoms with Crippen LogP contribution < -0.4 is 15.6 Å². The molecule has 6 rings (SSSR count). The molecule has 39 heavy (non-hydrogen) atoms. The molecule has 8 nitrogen and oxygen atoms in total. The fourth-order valence-corrected chi connectivity index (χ4v) is 5.05. The van der Waals surface area contributed by atoms with Gasteiger partial charge in [-0.25, -0.2) is 4.98 Å². The fraction of sp³-hybridized carbons (Fsp3) is 0.214. The number of nitrogens with zero attached hydrogens (tertiary/aromatic N) is 5. The van der Waals surface area contributed by atoms with Crippen LogP contribution in [0.4, 0.5) is 20.4 Å². The van der Waals surface area contributed by atoms with Crippen molar-refractivity contribution < 1.29 is 13.5 Å². The lowest BCUT2D eigenvalue weighted by atomic mass is 9.75. The van der Waals surface area contributed by atoms with E-state index in [1.54, 1.807) is 35.2 Å². The van der Waals surface area contributed by atoms with Crippen LogP contribution in [0.1, 0.15) is 37.3 Å². The first-order valence-electron chi connectivity index (χ1n) is 12.5. The molecule has 1 fully saturated rings. The number of halogens is 3. The second kappa shape index (κ2) is 10.1. The Morgan fingerprint density at radius 3 is 2.36 bits per heavy atom. The third-order valence-electron chi connectivity index (χ3n) is 6.93. The number of pyridine rings is 1. The fourth-order valence-electron chi connectivity index (χ4n) is 4.92. The summed E-state index contributed by atoms with van der Waals surface area (Å²) in [6, 6.07) is 16.7. The summed E-state index contributed by atoms with van der Waals surface area (Å²) >= 11 is 6.06. The average molecular weight is 549 g/mol. The van der Waals surface area contributed by atoms with Gasteiger partial charge in [-0.1, -0.05) is 23.7 Å². The minimum absolute atomic E-state index is 0.00611. The SMILES string of the molecule is CCn1cnc2c1c(=O)nc(Nc1ccc(Oc3cc(F)nc(F)c3)cc1)n2C1CC(c2ccc(Cl)cc2)C1. The maximum atomic E-state index is 13.4. The van der Waals surface area contributed by atoms with Gasteiger partial charge in [0.1, 0.15) is 11.5 Å². The van der Waals surface area contributed by atoms with Crippen molar-refractivity contribution in [1.82, 2.24) is 24.1 Å². The predicted molar refractivity (Wildman–Crippen MR) is 144 cm³/mol. The van der Waals surface area contributed by atoms with Gasteiger partial charge in [0.2, 0.25) is 17.8 Å². The Bertz CT molecular complexity index is 1690. The highest BCUT2D eigenvalue weighted by Crippen LogP contribution is 2.46. The van der Waals surface area contributed by atoms with Gasteiger partial charge in [-0.05, 0) is 67.6 Å². The maximum absolute atomic E-state index is 13.4. The van der Waals surface area contributed by atoms with Crippen molar-refractivity contribution in [2.24, 2.45) is 0 Å². The summed E-state index contributed by atoms with van der Waals surface area (Å²) in [5, 5.41) is 3.96. The van der Waals surface area contributed by atoms with Gasteiger partial charge in [0.15, 0.2) is 11.2 Å². The van der Waals surface area contributed by atoms with Gasteiger partial charge >= 0.3 is 5.56 Å². The average Bonchev–Trinajstić information content (AvgIpc) is 3.31. The number of ether oxygens (including phenoxy) is 1. The Balaban J connectivity index is 1.29. The van der Waals surface area contributed by atoms with E-state index in [2.05, 4.69) is 20.3 Å². The first-order chi connectivity index (χ1) is 18.9. The quantitative estimate of drug-likeness (QED) is 0.231. The van der Waals surface area contributed by atoms with Crippen LogP contribution >= 0.6 is 11.6 Å². The number of rotatable bonds is 7. The lowest BCUT2D eigenvalue weighted by Crippen LogP contribution is -2.30. The lowest BCUT2D eigenvalue weighted by molar-refractivity contribution is 0.270. The molecule has 1 aliphatic rings. The number of fused-ring (bicyclic) bond motifs is 1. The van der Waals surface area contributed by atoms with Crippen LogP contribution in [0.3, 0.4) is 0 Å². The van der Waals surface area contributed by atoms with Crippen LogP contribution in [-0.2, 0) is 6.54 Å². The van der Waals surface area contributed by atoms with Gasteiger partial charge in [0.05, 0.1) is 6.33 Å². The summed E-state index contributed by atoms with van der Waals surface area (Å²) in [5.41, 5.74) is 2.56. The van der Waals surface area contributed by atoms with Gasteiger partial charge in [-0.2, -0.15) is 18.7 Å². The first-order valence-corrected chi connectivity index (χ1v) is 12.9. The third-order valence-corrected chi connectivity index (χ3v) is 7.18. The number of benzene rings is 2. The van der Waals surface area contributed by atoms with E-state index in [1.165, 1.54) is 5.56 Å². The second-order valence-electron chi connectivity index (χ2n) is 9.39. The van der Waals surface area contributed by atoms with Crippen LogP contribution in [-0.4, -0.2) is 24.1 Å². The van der Waals surface area contributed by atoms with Crippen molar-refractivity contribution in [1.29, 1.82) is 0 Å². The van der Waals surface area contributed by atoms with E-state index < -0.39 is 11.9 Å².